The molecule has 7 aliphatic rings. The summed E-state index contributed by atoms with van der Waals surface area (Å²) in [5.74, 6) is -0.461. The molecule has 13 N–H and O–H groups in total. The first-order valence-corrected chi connectivity index (χ1v) is 55.5. The number of phosphoric ester groups is 3. The number of rotatable bonds is 45. The number of hydrogen-bond acceptors (Lipinski definition) is 56. The second-order valence-corrected chi connectivity index (χ2v) is 45.0. The minimum Gasteiger partial charge on any atom is -0.761 e. The number of aromatic amines is 2. The SMILES string of the molecule is CO.CO.Nc1nc2c(ncn2[C@@H]2O[C@H](COP(=O)([O-])OP(=O)([O-])O)C(O)[C@@H]2O)c(=O)[nH]1.[3H][C@@H]1CC(OC(=O)NC)[C@@H](COP(C)(=O)OC2C[C@@H]([3H])O[C@@H]2COP(C)(=O)OC2C[C@@H]([3H])O[C@@H]2COP(=O)([O-])OP(=O)([O-])OP(=O)([O-])OCCOCn2cnc3c(=O)[nH]c(N)nc32)O1.[3H][C@@H]1CC(OC(=O)NC)[C@@H](COP(C)(=O)OC2C[C@@H]([3H])O[C@@H]2COP(C)(=O)OC2C[C@@H]([3H])O[C@@H]2COP(=O)([O-])n2ccnc2)O1. The summed E-state index contributed by atoms with van der Waals surface area (Å²) in [5.41, 5.74) is 9.43. The average molecular weight is 2150 g/mol. The Balaban J connectivity index is 0.000000273. The van der Waals surface area contributed by atoms with Gasteiger partial charge in [-0.05, 0) is 0 Å². The van der Waals surface area contributed by atoms with Gasteiger partial charge in [0.2, 0.25) is 19.6 Å². The van der Waals surface area contributed by atoms with Crippen LogP contribution in [-0.2, 0) is 167 Å². The number of amides is 2. The van der Waals surface area contributed by atoms with Crippen LogP contribution in [0.1, 0.15) is 53.0 Å². The third-order valence-corrected chi connectivity index (χ3v) is 30.7. The minimum atomic E-state index is -6.27. The topological polar surface area (TPSA) is 896 Å². The van der Waals surface area contributed by atoms with Crippen molar-refractivity contribution in [3.63, 3.8) is 0 Å². The molecule has 7 aliphatic heterocycles. The lowest BCUT2D eigenvalue weighted by Gasteiger charge is -2.34. The van der Waals surface area contributed by atoms with Crippen LogP contribution in [0.25, 0.3) is 22.3 Å². The van der Waals surface area contributed by atoms with Crippen LogP contribution in [0.5, 0.6) is 0 Å². The molecule has 64 nitrogen and oxygen atoms in total. The molecule has 7 saturated heterocycles. The summed E-state index contributed by atoms with van der Waals surface area (Å²) < 4.78 is 301. The maximum absolute atomic E-state index is 13.4. The zero-order valence-electron chi connectivity index (χ0n) is 77.7. The number of phosphoric acid groups is 5. The maximum atomic E-state index is 13.4. The summed E-state index contributed by atoms with van der Waals surface area (Å²) in [4.78, 5) is 150. The standard InChI is InChI=1S/C27H47N6O23P5.C22H38N3O14P3.C10H15N5O11P2.2CH4O/c1-29-27(35)52-17-4-7-45-20(17)12-49-57(2,36)53-18-5-8-46-21(18)13-50-58(3,37)54-19-6-9-47-22(19)14-51-60(40,41)56-61(42,43)55-59(38,39)48-11-10-44-16-33-15-30-23-24(33)31-26(28)32-25(23)34;1-23-22(26)37-16-4-9-31-19(16)12-34-40(2,27)38-17-5-10-32-20(17)13-35-41(3,28)39-18-6-11-33-21(18)14-36-42(29,30)25-8-7-24-15-25;11-10-13-7-4(8(18)14-10)12-2-15(7)9-6(17)5(16)3(25-9)1-24-28(22,23)26-27(19,20)21;2*1-2/h15,17-22H,4-14,16H2,1-3H3,(H,29,35)(H,38,39)(H,40,41)(H,42,43)(H3,28,31,32,34);7-8,15-21H,4-6,9-14H2,1-3H3,(H,23,26)(H,29,30);2-3,5-6,9,16-17H,1H2,(H,22,23)(H2,19,20,21)(H3,11,13,14,18);2*2H,1H3/p-6/t17?,18?,19?,20-,21-,22-,57?,58?;16?,17?,18?,19-,20-,21-,40?,41?;3-,5?,6+,9-;;/m111../s1/i7T,8T,9T;9T,10T,11T;;;/t7-,8-,9-,17?,18?,19?,20-,21-,22-,57?,58?;9-,10-,11-,16?,17?,18?,19-,20-,21-,40?,41?;;;. The van der Waals surface area contributed by atoms with Gasteiger partial charge in [-0.25, -0.2) is 37.5 Å². The number of nitrogens with zero attached hydrogens (tertiary/aromatic N) is 8. The zero-order valence-corrected chi connectivity index (χ0v) is 80.7. The molecule has 12 rings (SSSR count). The fourth-order valence-electron chi connectivity index (χ4n) is 12.1. The average Bonchev–Trinajstić information content (AvgIpc) is 1.61. The molecular formula is C61H102N14O50P10-6. The van der Waals surface area contributed by atoms with Crippen LogP contribution in [0.3, 0.4) is 0 Å². The van der Waals surface area contributed by atoms with Gasteiger partial charge in [0, 0.05) is 132 Å². The van der Waals surface area contributed by atoms with E-state index in [1.165, 1.54) is 50.7 Å². The largest absolute Gasteiger partial charge is 0.761 e. The predicted octanol–water partition coefficient (Wildman–Crippen LogP) is -3.05. The molecule has 12 heterocycles. The molecule has 32 atom stereocenters. The van der Waals surface area contributed by atoms with Crippen molar-refractivity contribution in [2.75, 3.05) is 165 Å². The molecule has 17 unspecified atom stereocenters. The number of nitrogens with one attached hydrogen (secondary N) is 4. The highest BCUT2D eigenvalue weighted by Gasteiger charge is 2.47. The molecule has 2 amide bonds. The number of H-pyrrole nitrogens is 2. The van der Waals surface area contributed by atoms with Crippen LogP contribution in [0.2, 0.25) is 0 Å². The number of aromatic nitrogens is 10. The fourth-order valence-corrected chi connectivity index (χ4v) is 22.6. The van der Waals surface area contributed by atoms with E-state index in [1.807, 2.05) is 0 Å². The van der Waals surface area contributed by atoms with Gasteiger partial charge in [0.25, 0.3) is 50.2 Å². The first-order chi connectivity index (χ1) is 65.7. The zero-order chi connectivity index (χ0) is 105. The minimum absolute atomic E-state index is 0.0101. The van der Waals surface area contributed by atoms with Crippen molar-refractivity contribution < 1.29 is 233 Å². The first kappa shape index (κ1) is 106. The van der Waals surface area contributed by atoms with E-state index in [-0.39, 0.29) is 86.1 Å². The lowest BCUT2D eigenvalue weighted by Crippen LogP contribution is -2.34. The van der Waals surface area contributed by atoms with Gasteiger partial charge in [0.1, 0.15) is 80.2 Å². The number of anilines is 2. The van der Waals surface area contributed by atoms with Gasteiger partial charge in [-0.3, -0.25) is 78.7 Å². The second-order valence-electron chi connectivity index (χ2n) is 28.0. The van der Waals surface area contributed by atoms with Gasteiger partial charge < -0.3 is 178 Å². The van der Waals surface area contributed by atoms with Crippen molar-refractivity contribution in [2.45, 2.75) is 143 Å². The molecule has 0 saturated carbocycles. The Bertz CT molecular complexity index is 5580. The first-order valence-electron chi connectivity index (χ1n) is 42.2. The Morgan fingerprint density at radius 3 is 1.24 bits per heavy atom. The van der Waals surface area contributed by atoms with Crippen LogP contribution in [0.15, 0.2) is 41.0 Å². The quantitative estimate of drug-likeness (QED) is 0.0136. The van der Waals surface area contributed by atoms with E-state index in [4.69, 9.17) is 123 Å². The molecule has 74 heteroatoms. The number of imidazole rings is 3. The number of nitrogen functional groups attached to an aromatic ring is 2. The van der Waals surface area contributed by atoms with Gasteiger partial charge in [-0.2, -0.15) is 9.97 Å². The van der Waals surface area contributed by atoms with Crippen molar-refractivity contribution in [2.24, 2.45) is 0 Å². The lowest BCUT2D eigenvalue weighted by molar-refractivity contribution is -0.253. The van der Waals surface area contributed by atoms with Crippen LogP contribution in [0.4, 0.5) is 21.5 Å². The van der Waals surface area contributed by atoms with Crippen LogP contribution < -0.4 is 62.6 Å². The third kappa shape index (κ3) is 36.4. The van der Waals surface area contributed by atoms with Crippen LogP contribution in [-0.4, -0.2) is 331 Å². The molecule has 5 aromatic rings. The Morgan fingerprint density at radius 1 is 0.489 bits per heavy atom. The van der Waals surface area contributed by atoms with Crippen molar-refractivity contribution in [3.05, 3.63) is 52.1 Å². The van der Waals surface area contributed by atoms with Crippen molar-refractivity contribution in [1.29, 1.82) is 0 Å². The number of carbonyl (C=O) groups excluding carboxylic acids is 2. The summed E-state index contributed by atoms with van der Waals surface area (Å²) in [6, 6.07) is 0. The number of alkyl carbamates (subject to hydrolysis) is 2. The molecule has 5 aromatic heterocycles. The Morgan fingerprint density at radius 2 is 0.844 bits per heavy atom. The molecule has 0 spiro atoms. The fraction of sp³-hybridized carbons (Fsp3) is 0.754. The number of nitrogens with two attached hydrogens (primary N) is 2. The number of aliphatic hydroxyl groups is 4. The number of hydrogen-bond donors (Lipinski definition) is 11. The highest BCUT2D eigenvalue weighted by atomic mass is 31.3. The van der Waals surface area contributed by atoms with E-state index in [0.717, 1.165) is 49.1 Å². The summed E-state index contributed by atoms with van der Waals surface area (Å²) in [5, 5.41) is 38.8. The summed E-state index contributed by atoms with van der Waals surface area (Å²) in [7, 11) is -44.8. The lowest BCUT2D eigenvalue weighted by atomic mass is 10.1. The molecule has 0 aromatic carbocycles. The van der Waals surface area contributed by atoms with Gasteiger partial charge >= 0.3 is 42.6 Å². The van der Waals surface area contributed by atoms with Crippen LogP contribution in [0, 0.1) is 0 Å². The van der Waals surface area contributed by atoms with Crippen molar-refractivity contribution >= 4 is 124 Å². The normalized spacial score (nSPS) is 32.9. The van der Waals surface area contributed by atoms with E-state index >= 15 is 0 Å². The number of aliphatic hydroxyl groups excluding tert-OH is 4. The highest BCUT2D eigenvalue weighted by Crippen LogP contribution is 2.63. The second kappa shape index (κ2) is 51.3. The Kier molecular flexibility index (Phi) is 40.2. The number of carbonyl (C=O) groups is 2. The molecule has 0 radical (unpaired) electrons. The van der Waals surface area contributed by atoms with Gasteiger partial charge in [0.15, 0.2) is 28.6 Å². The predicted molar refractivity (Wildman–Crippen MR) is 438 cm³/mol. The Labute approximate surface area is 773 Å². The third-order valence-electron chi connectivity index (χ3n) is 18.0. The molecule has 0 aliphatic carbocycles. The smallest absolute Gasteiger partial charge is 0.407 e. The Hall–Kier alpha value is -5.01. The molecule has 135 heavy (non-hydrogen) atoms. The summed E-state index contributed by atoms with van der Waals surface area (Å²) in [6.45, 7) is -8.19. The molecule has 7 fully saturated rings. The number of fused-ring (bicyclic) bond motifs is 2. The summed E-state index contributed by atoms with van der Waals surface area (Å²) >= 11 is 0. The van der Waals surface area contributed by atoms with Crippen molar-refractivity contribution in [1.82, 2.24) is 59.0 Å². The van der Waals surface area contributed by atoms with E-state index < -0.39 is 291 Å². The van der Waals surface area contributed by atoms with E-state index in [9.17, 15) is 104 Å². The van der Waals surface area contributed by atoms with Gasteiger partial charge in [-0.1, -0.05) is 0 Å². The highest BCUT2D eigenvalue weighted by molar-refractivity contribution is 7.65. The molecule has 0 bridgehead atoms. The number of ether oxygens (including phenoxy) is 10. The van der Waals surface area contributed by atoms with E-state index in [2.05, 4.69) is 72.0 Å². The summed E-state index contributed by atoms with van der Waals surface area (Å²) in [6.07, 6.45) is -14.9. The van der Waals surface area contributed by atoms with E-state index in [1.54, 1.807) is 0 Å². The molecular weight excluding hydrogens is 2040 g/mol. The van der Waals surface area contributed by atoms with Gasteiger partial charge in [-0.15, -0.1) is 0 Å². The van der Waals surface area contributed by atoms with Crippen molar-refractivity contribution in [3.8, 4) is 0 Å². The maximum Gasteiger partial charge on any atom is 0.407 e. The monoisotopic (exact) mass is 2150 g/mol. The van der Waals surface area contributed by atoms with Gasteiger partial charge in [0.05, 0.1) is 118 Å². The van der Waals surface area contributed by atoms with E-state index in [0.29, 0.717) is 0 Å². The molecule has 772 valence electrons. The van der Waals surface area contributed by atoms with Crippen LogP contribution >= 0.6 is 77.2 Å².